The van der Waals surface area contributed by atoms with E-state index in [9.17, 15) is 13.2 Å². The maximum atomic E-state index is 12.4. The van der Waals surface area contributed by atoms with Crippen LogP contribution in [0.4, 0.5) is 5.69 Å². The van der Waals surface area contributed by atoms with Crippen molar-refractivity contribution in [2.45, 2.75) is 25.3 Å². The van der Waals surface area contributed by atoms with Crippen molar-refractivity contribution in [1.82, 2.24) is 9.21 Å². The Morgan fingerprint density at radius 2 is 1.75 bits per heavy atom. The number of rotatable bonds is 6. The molecule has 0 atom stereocenters. The molecule has 1 aliphatic heterocycles. The highest BCUT2D eigenvalue weighted by atomic mass is 32.2. The minimum atomic E-state index is -3.22. The molecule has 132 valence electrons. The number of para-hydroxylation sites is 1. The molecular weight excluding hydrogens is 326 g/mol. The fourth-order valence-electron chi connectivity index (χ4n) is 3.20. The zero-order chi connectivity index (χ0) is 17.2. The molecule has 0 N–H and O–H groups in total. The molecule has 3 rings (SSSR count). The van der Waals surface area contributed by atoms with Gasteiger partial charge in [0.05, 0.1) is 6.26 Å². The van der Waals surface area contributed by atoms with Crippen molar-refractivity contribution in [3.8, 4) is 0 Å². The van der Waals surface area contributed by atoms with Gasteiger partial charge >= 0.3 is 0 Å². The molecule has 1 heterocycles. The van der Waals surface area contributed by atoms with E-state index >= 15 is 0 Å². The van der Waals surface area contributed by atoms with Crippen LogP contribution in [0.5, 0.6) is 0 Å². The van der Waals surface area contributed by atoms with Crippen molar-refractivity contribution in [1.29, 1.82) is 0 Å². The van der Waals surface area contributed by atoms with Crippen LogP contribution in [-0.2, 0) is 14.8 Å². The van der Waals surface area contributed by atoms with E-state index in [4.69, 9.17) is 0 Å². The highest BCUT2D eigenvalue weighted by Gasteiger charge is 2.35. The average Bonchev–Trinajstić information content (AvgIpc) is 3.39. The van der Waals surface area contributed by atoms with E-state index in [-0.39, 0.29) is 18.4 Å². The summed E-state index contributed by atoms with van der Waals surface area (Å²) in [7, 11) is -3.22. The summed E-state index contributed by atoms with van der Waals surface area (Å²) < 4.78 is 25.1. The second kappa shape index (κ2) is 7.11. The van der Waals surface area contributed by atoms with E-state index in [2.05, 4.69) is 17.0 Å². The van der Waals surface area contributed by atoms with E-state index in [1.165, 1.54) is 16.2 Å². The fourth-order valence-corrected chi connectivity index (χ4v) is 4.37. The van der Waals surface area contributed by atoms with Gasteiger partial charge in [0.2, 0.25) is 15.9 Å². The van der Waals surface area contributed by atoms with E-state index in [0.717, 1.165) is 25.9 Å². The quantitative estimate of drug-likeness (QED) is 0.771. The van der Waals surface area contributed by atoms with E-state index in [1.807, 2.05) is 23.1 Å². The van der Waals surface area contributed by atoms with Gasteiger partial charge in [-0.1, -0.05) is 18.2 Å². The zero-order valence-corrected chi connectivity index (χ0v) is 14.9. The normalized spacial score (nSPS) is 18.9. The van der Waals surface area contributed by atoms with Gasteiger partial charge < -0.3 is 9.80 Å². The van der Waals surface area contributed by atoms with Gasteiger partial charge in [0.25, 0.3) is 0 Å². The molecule has 2 fully saturated rings. The minimum absolute atomic E-state index is 0.0528. The lowest BCUT2D eigenvalue weighted by atomic mass is 10.2. The number of amides is 1. The summed E-state index contributed by atoms with van der Waals surface area (Å²) in [5, 5.41) is 0. The molecule has 1 aromatic carbocycles. The highest BCUT2D eigenvalue weighted by Crippen LogP contribution is 2.29. The van der Waals surface area contributed by atoms with Crippen molar-refractivity contribution >= 4 is 21.6 Å². The van der Waals surface area contributed by atoms with Crippen LogP contribution in [-0.4, -0.2) is 68.6 Å². The van der Waals surface area contributed by atoms with E-state index in [0.29, 0.717) is 19.6 Å². The molecule has 0 bridgehead atoms. The van der Waals surface area contributed by atoms with Crippen LogP contribution in [0.2, 0.25) is 0 Å². The molecule has 24 heavy (non-hydrogen) atoms. The SMILES string of the molecule is CS(=O)(=O)N(CCC(=O)N1CCN(c2ccccc2)CC1)C1CC1. The molecular formula is C17H25N3O3S. The Morgan fingerprint density at radius 3 is 2.29 bits per heavy atom. The largest absolute Gasteiger partial charge is 0.368 e. The van der Waals surface area contributed by atoms with Crippen molar-refractivity contribution in [3.63, 3.8) is 0 Å². The number of piperazine rings is 1. The first kappa shape index (κ1) is 17.2. The van der Waals surface area contributed by atoms with Crippen LogP contribution in [0.3, 0.4) is 0 Å². The smallest absolute Gasteiger partial charge is 0.224 e. The lowest BCUT2D eigenvalue weighted by molar-refractivity contribution is -0.131. The lowest BCUT2D eigenvalue weighted by Crippen LogP contribution is -2.49. The number of carbonyl (C=O) groups excluding carboxylic acids is 1. The summed E-state index contributed by atoms with van der Waals surface area (Å²) in [6.07, 6.45) is 3.33. The molecule has 1 amide bonds. The van der Waals surface area contributed by atoms with E-state index in [1.54, 1.807) is 0 Å². The number of carbonyl (C=O) groups is 1. The second-order valence-electron chi connectivity index (χ2n) is 6.56. The Hall–Kier alpha value is -1.60. The third-order valence-electron chi connectivity index (χ3n) is 4.68. The molecule has 1 saturated carbocycles. The third-order valence-corrected chi connectivity index (χ3v) is 6.01. The first-order chi connectivity index (χ1) is 11.4. The first-order valence-electron chi connectivity index (χ1n) is 8.50. The van der Waals surface area contributed by atoms with Crippen LogP contribution in [0, 0.1) is 0 Å². The standard InChI is InChI=1S/C17H25N3O3S/c1-24(22,23)20(16-7-8-16)10-9-17(21)19-13-11-18(12-14-19)15-5-3-2-4-6-15/h2-6,16H,7-14H2,1H3. The van der Waals surface area contributed by atoms with Crippen LogP contribution in [0.25, 0.3) is 0 Å². The minimum Gasteiger partial charge on any atom is -0.368 e. The average molecular weight is 351 g/mol. The van der Waals surface area contributed by atoms with Gasteiger partial charge in [-0.3, -0.25) is 4.79 Å². The Kier molecular flexibility index (Phi) is 5.10. The number of nitrogens with zero attached hydrogens (tertiary/aromatic N) is 3. The second-order valence-corrected chi connectivity index (χ2v) is 8.49. The molecule has 7 heteroatoms. The maximum Gasteiger partial charge on any atom is 0.224 e. The molecule has 6 nitrogen and oxygen atoms in total. The molecule has 1 aliphatic carbocycles. The fraction of sp³-hybridized carbons (Fsp3) is 0.588. The molecule has 0 aromatic heterocycles. The molecule has 0 spiro atoms. The number of sulfonamides is 1. The van der Waals surface area contributed by atoms with Crippen LogP contribution in [0.15, 0.2) is 30.3 Å². The van der Waals surface area contributed by atoms with Crippen molar-refractivity contribution in [2.24, 2.45) is 0 Å². The zero-order valence-electron chi connectivity index (χ0n) is 14.1. The number of hydrogen-bond donors (Lipinski definition) is 0. The number of anilines is 1. The highest BCUT2D eigenvalue weighted by molar-refractivity contribution is 7.88. The Bertz CT molecular complexity index is 666. The molecule has 1 saturated heterocycles. The predicted molar refractivity (Wildman–Crippen MR) is 94.4 cm³/mol. The maximum absolute atomic E-state index is 12.4. The van der Waals surface area contributed by atoms with Gasteiger partial charge in [0.1, 0.15) is 0 Å². The third kappa shape index (κ3) is 4.27. The molecule has 2 aliphatic rings. The Balaban J connectivity index is 1.48. The summed E-state index contributed by atoms with van der Waals surface area (Å²) in [6.45, 7) is 3.32. The lowest BCUT2D eigenvalue weighted by Gasteiger charge is -2.36. The van der Waals surface area contributed by atoms with Crippen molar-refractivity contribution in [2.75, 3.05) is 43.9 Å². The van der Waals surface area contributed by atoms with Gasteiger partial charge in [-0.25, -0.2) is 8.42 Å². The summed E-state index contributed by atoms with van der Waals surface area (Å²) in [6, 6.07) is 10.3. The van der Waals surface area contributed by atoms with Gasteiger partial charge in [-0.15, -0.1) is 0 Å². The topological polar surface area (TPSA) is 60.9 Å². The number of hydrogen-bond acceptors (Lipinski definition) is 4. The molecule has 1 aromatic rings. The van der Waals surface area contributed by atoms with Gasteiger partial charge in [-0.05, 0) is 25.0 Å². The number of benzene rings is 1. The summed E-state index contributed by atoms with van der Waals surface area (Å²) in [5.41, 5.74) is 1.18. The summed E-state index contributed by atoms with van der Waals surface area (Å²) in [4.78, 5) is 16.5. The predicted octanol–water partition coefficient (Wildman–Crippen LogP) is 1.15. The Labute approximate surface area is 144 Å². The van der Waals surface area contributed by atoms with Gasteiger partial charge in [0.15, 0.2) is 0 Å². The van der Waals surface area contributed by atoms with Crippen LogP contribution in [0.1, 0.15) is 19.3 Å². The van der Waals surface area contributed by atoms with E-state index < -0.39 is 10.0 Å². The van der Waals surface area contributed by atoms with Gasteiger partial charge in [-0.2, -0.15) is 4.31 Å². The van der Waals surface area contributed by atoms with Gasteiger partial charge in [0, 0.05) is 50.9 Å². The summed E-state index contributed by atoms with van der Waals surface area (Å²) >= 11 is 0. The molecule has 0 radical (unpaired) electrons. The summed E-state index contributed by atoms with van der Waals surface area (Å²) in [5.74, 6) is 0.0528. The van der Waals surface area contributed by atoms with Crippen LogP contribution >= 0.6 is 0 Å². The monoisotopic (exact) mass is 351 g/mol. The van der Waals surface area contributed by atoms with Crippen molar-refractivity contribution < 1.29 is 13.2 Å². The van der Waals surface area contributed by atoms with Crippen LogP contribution < -0.4 is 4.90 Å². The molecule has 0 unspecified atom stereocenters. The Morgan fingerprint density at radius 1 is 1.12 bits per heavy atom. The van der Waals surface area contributed by atoms with Crippen molar-refractivity contribution in [3.05, 3.63) is 30.3 Å². The first-order valence-corrected chi connectivity index (χ1v) is 10.3.